The van der Waals surface area contributed by atoms with Gasteiger partial charge in [-0.3, -0.25) is 0 Å². The summed E-state index contributed by atoms with van der Waals surface area (Å²) < 4.78 is 0. The normalized spacial score (nSPS) is 26.5. The molecule has 0 spiro atoms. The number of pyridine rings is 1. The highest BCUT2D eigenvalue weighted by Gasteiger charge is 2.20. The summed E-state index contributed by atoms with van der Waals surface area (Å²) in [6.45, 7) is 0. The molecular weight excluding hydrogens is 208 g/mol. The minimum atomic E-state index is 0.378. The van der Waals surface area contributed by atoms with Crippen molar-refractivity contribution in [2.24, 2.45) is 5.92 Å². The van der Waals surface area contributed by atoms with E-state index in [1.165, 1.54) is 24.8 Å². The van der Waals surface area contributed by atoms with Crippen LogP contribution in [0.1, 0.15) is 31.2 Å². The molecule has 1 aliphatic rings. The van der Waals surface area contributed by atoms with E-state index < -0.39 is 0 Å². The van der Waals surface area contributed by atoms with Gasteiger partial charge in [0.15, 0.2) is 0 Å². The number of hydrogen-bond acceptors (Lipinski definition) is 2. The van der Waals surface area contributed by atoms with Gasteiger partial charge in [0.25, 0.3) is 0 Å². The van der Waals surface area contributed by atoms with Gasteiger partial charge in [0.2, 0.25) is 0 Å². The van der Waals surface area contributed by atoms with Crippen LogP contribution in [0.25, 0.3) is 0 Å². The van der Waals surface area contributed by atoms with E-state index >= 15 is 0 Å². The zero-order valence-corrected chi connectivity index (χ0v) is 9.58. The van der Waals surface area contributed by atoms with Crippen molar-refractivity contribution in [1.29, 1.82) is 0 Å². The van der Waals surface area contributed by atoms with Crippen LogP contribution in [0.4, 0.5) is 5.82 Å². The molecule has 15 heavy (non-hydrogen) atoms. The molecule has 0 bridgehead atoms. The summed E-state index contributed by atoms with van der Waals surface area (Å²) in [5, 5.41) is 0.378. The highest BCUT2D eigenvalue weighted by atomic mass is 35.5. The van der Waals surface area contributed by atoms with Gasteiger partial charge in [0.1, 0.15) is 5.82 Å². The molecule has 2 rings (SSSR count). The molecule has 2 atom stereocenters. The zero-order chi connectivity index (χ0) is 10.7. The molecule has 0 saturated heterocycles. The van der Waals surface area contributed by atoms with E-state index in [0.717, 1.165) is 18.8 Å². The molecule has 0 aliphatic heterocycles. The molecule has 1 aromatic heterocycles. The van der Waals surface area contributed by atoms with Gasteiger partial charge >= 0.3 is 0 Å². The summed E-state index contributed by atoms with van der Waals surface area (Å²) in [6, 6.07) is 4.02. The number of nitrogens with two attached hydrogens (primary N) is 1. The highest BCUT2D eigenvalue weighted by molar-refractivity contribution is 6.20. The third-order valence-electron chi connectivity index (χ3n) is 3.09. The first-order valence-electron chi connectivity index (χ1n) is 5.58. The average molecular weight is 225 g/mol. The molecule has 3 heteroatoms. The monoisotopic (exact) mass is 224 g/mol. The minimum Gasteiger partial charge on any atom is -0.384 e. The maximum atomic E-state index is 6.17. The molecule has 1 aromatic rings. The lowest BCUT2D eigenvalue weighted by molar-refractivity contribution is 0.361. The Kier molecular flexibility index (Phi) is 3.47. The van der Waals surface area contributed by atoms with E-state index in [-0.39, 0.29) is 0 Å². The van der Waals surface area contributed by atoms with Gasteiger partial charge in [0, 0.05) is 11.6 Å². The van der Waals surface area contributed by atoms with Crippen molar-refractivity contribution in [2.45, 2.75) is 37.5 Å². The van der Waals surface area contributed by atoms with Gasteiger partial charge in [-0.15, -0.1) is 11.6 Å². The highest BCUT2D eigenvalue weighted by Crippen LogP contribution is 2.30. The van der Waals surface area contributed by atoms with Crippen molar-refractivity contribution < 1.29 is 0 Å². The van der Waals surface area contributed by atoms with Gasteiger partial charge in [-0.25, -0.2) is 4.98 Å². The third-order valence-corrected chi connectivity index (χ3v) is 3.49. The number of rotatable bonds is 2. The molecule has 0 radical (unpaired) electrons. The SMILES string of the molecule is Nc1cc(CC2CCCC(Cl)C2)ccn1. The van der Waals surface area contributed by atoms with E-state index in [1.54, 1.807) is 6.20 Å². The summed E-state index contributed by atoms with van der Waals surface area (Å²) in [4.78, 5) is 4.00. The van der Waals surface area contributed by atoms with Crippen LogP contribution >= 0.6 is 11.6 Å². The van der Waals surface area contributed by atoms with Crippen LogP contribution in [-0.2, 0) is 6.42 Å². The molecule has 1 fully saturated rings. The van der Waals surface area contributed by atoms with Crippen molar-refractivity contribution in [2.75, 3.05) is 5.73 Å². The van der Waals surface area contributed by atoms with Crippen molar-refractivity contribution in [1.82, 2.24) is 4.98 Å². The van der Waals surface area contributed by atoms with E-state index in [0.29, 0.717) is 11.2 Å². The van der Waals surface area contributed by atoms with Crippen LogP contribution in [0.5, 0.6) is 0 Å². The Morgan fingerprint density at radius 3 is 3.07 bits per heavy atom. The molecule has 1 heterocycles. The zero-order valence-electron chi connectivity index (χ0n) is 8.82. The predicted molar refractivity (Wildman–Crippen MR) is 64.0 cm³/mol. The molecule has 2 N–H and O–H groups in total. The molecule has 1 saturated carbocycles. The first-order valence-corrected chi connectivity index (χ1v) is 6.02. The van der Waals surface area contributed by atoms with Crippen LogP contribution in [0.2, 0.25) is 0 Å². The van der Waals surface area contributed by atoms with Crippen LogP contribution in [-0.4, -0.2) is 10.4 Å². The molecule has 1 aliphatic carbocycles. The Labute approximate surface area is 95.8 Å². The second kappa shape index (κ2) is 4.84. The third kappa shape index (κ3) is 3.10. The number of nitrogens with zero attached hydrogens (tertiary/aromatic N) is 1. The average Bonchev–Trinajstić information content (AvgIpc) is 2.17. The minimum absolute atomic E-state index is 0.378. The van der Waals surface area contributed by atoms with Gasteiger partial charge in [-0.1, -0.05) is 12.8 Å². The van der Waals surface area contributed by atoms with Crippen LogP contribution < -0.4 is 5.73 Å². The fourth-order valence-corrected chi connectivity index (χ4v) is 2.77. The lowest BCUT2D eigenvalue weighted by Gasteiger charge is -2.25. The summed E-state index contributed by atoms with van der Waals surface area (Å²) in [7, 11) is 0. The number of anilines is 1. The maximum absolute atomic E-state index is 6.17. The van der Waals surface area contributed by atoms with E-state index in [4.69, 9.17) is 17.3 Å². The Morgan fingerprint density at radius 1 is 1.47 bits per heavy atom. The van der Waals surface area contributed by atoms with Crippen molar-refractivity contribution >= 4 is 17.4 Å². The summed E-state index contributed by atoms with van der Waals surface area (Å²) in [5.41, 5.74) is 6.94. The quantitative estimate of drug-likeness (QED) is 0.785. The molecular formula is C12H17ClN2. The summed E-state index contributed by atoms with van der Waals surface area (Å²) >= 11 is 6.17. The van der Waals surface area contributed by atoms with Crippen molar-refractivity contribution in [3.8, 4) is 0 Å². The lowest BCUT2D eigenvalue weighted by Crippen LogP contribution is -2.17. The fraction of sp³-hybridized carbons (Fsp3) is 0.583. The number of halogens is 1. The molecule has 2 nitrogen and oxygen atoms in total. The van der Waals surface area contributed by atoms with Crippen LogP contribution in [0.15, 0.2) is 18.3 Å². The standard InChI is InChI=1S/C12H17ClN2/c13-11-3-1-2-9(7-11)6-10-4-5-15-12(14)8-10/h4-5,8-9,11H,1-3,6-7H2,(H2,14,15). The first-order chi connectivity index (χ1) is 7.24. The number of aromatic nitrogens is 1. The van der Waals surface area contributed by atoms with Crippen molar-refractivity contribution in [3.63, 3.8) is 0 Å². The fourth-order valence-electron chi connectivity index (χ4n) is 2.37. The Bertz CT molecular complexity index is 327. The predicted octanol–water partition coefficient (Wildman–Crippen LogP) is 3.00. The van der Waals surface area contributed by atoms with Crippen molar-refractivity contribution in [3.05, 3.63) is 23.9 Å². The van der Waals surface area contributed by atoms with Gasteiger partial charge < -0.3 is 5.73 Å². The number of hydrogen-bond donors (Lipinski definition) is 1. The number of alkyl halides is 1. The Balaban J connectivity index is 1.96. The molecule has 82 valence electrons. The van der Waals surface area contributed by atoms with E-state index in [9.17, 15) is 0 Å². The van der Waals surface area contributed by atoms with E-state index in [1.807, 2.05) is 12.1 Å². The van der Waals surface area contributed by atoms with Crippen LogP contribution in [0.3, 0.4) is 0 Å². The largest absolute Gasteiger partial charge is 0.384 e. The lowest BCUT2D eigenvalue weighted by atomic mass is 9.85. The molecule has 2 unspecified atom stereocenters. The maximum Gasteiger partial charge on any atom is 0.123 e. The van der Waals surface area contributed by atoms with E-state index in [2.05, 4.69) is 4.98 Å². The Hall–Kier alpha value is -0.760. The molecule has 0 amide bonds. The Morgan fingerprint density at radius 2 is 2.33 bits per heavy atom. The van der Waals surface area contributed by atoms with Gasteiger partial charge in [-0.2, -0.15) is 0 Å². The van der Waals surface area contributed by atoms with Crippen LogP contribution in [0, 0.1) is 5.92 Å². The second-order valence-corrected chi connectivity index (χ2v) is 5.04. The summed E-state index contributed by atoms with van der Waals surface area (Å²) in [5.74, 6) is 1.34. The number of nitrogen functional groups attached to an aromatic ring is 1. The first kappa shape index (κ1) is 10.7. The topological polar surface area (TPSA) is 38.9 Å². The second-order valence-electron chi connectivity index (χ2n) is 4.42. The smallest absolute Gasteiger partial charge is 0.123 e. The summed E-state index contributed by atoms with van der Waals surface area (Å²) in [6.07, 6.45) is 7.76. The molecule has 0 aromatic carbocycles. The van der Waals surface area contributed by atoms with Gasteiger partial charge in [0.05, 0.1) is 0 Å². The van der Waals surface area contributed by atoms with Gasteiger partial charge in [-0.05, 0) is 42.9 Å².